The molecule has 33 heavy (non-hydrogen) atoms. The molecule has 4 heterocycles. The number of rotatable bonds is 3. The molecule has 174 valence electrons. The summed E-state index contributed by atoms with van der Waals surface area (Å²) in [6, 6.07) is 8.37. The summed E-state index contributed by atoms with van der Waals surface area (Å²) in [6.07, 6.45) is -2.76. The van der Waals surface area contributed by atoms with Gasteiger partial charge in [0.25, 0.3) is 5.82 Å². The van der Waals surface area contributed by atoms with Crippen LogP contribution >= 0.6 is 0 Å². The van der Waals surface area contributed by atoms with Gasteiger partial charge in [0.15, 0.2) is 17.1 Å². The highest BCUT2D eigenvalue weighted by atomic mass is 19.4. The van der Waals surface area contributed by atoms with E-state index < -0.39 is 12.0 Å². The van der Waals surface area contributed by atoms with Crippen LogP contribution in [-0.4, -0.2) is 52.0 Å². The lowest BCUT2D eigenvalue weighted by Gasteiger charge is -2.32. The molecule has 0 bridgehead atoms. The smallest absolute Gasteiger partial charge is 0.453 e. The van der Waals surface area contributed by atoms with Crippen molar-refractivity contribution in [3.63, 3.8) is 0 Å². The van der Waals surface area contributed by atoms with Gasteiger partial charge in [-0.3, -0.25) is 4.79 Å². The summed E-state index contributed by atoms with van der Waals surface area (Å²) in [6.45, 7) is 2.12. The number of alkyl halides is 3. The number of halogens is 3. The zero-order valence-electron chi connectivity index (χ0n) is 17.5. The zero-order valence-corrected chi connectivity index (χ0v) is 17.5. The number of hydrogen-bond donors (Lipinski definition) is 1. The molecule has 1 aromatic carbocycles. The molecular weight excluding hydrogens is 441 g/mol. The molecule has 0 atom stereocenters. The minimum absolute atomic E-state index is 0.0236. The number of aromatic nitrogens is 4. The van der Waals surface area contributed by atoms with Gasteiger partial charge in [-0.15, -0.1) is 15.3 Å². The van der Waals surface area contributed by atoms with E-state index in [1.807, 2.05) is 4.90 Å². The molecule has 0 spiro atoms. The number of ether oxygens (including phenoxy) is 2. The first-order valence-electron chi connectivity index (χ1n) is 10.6. The molecule has 0 unspecified atom stereocenters. The lowest BCUT2D eigenvalue weighted by Crippen LogP contribution is -2.38. The molecule has 2 aromatic heterocycles. The number of nitrogens with zero attached hydrogens (tertiary/aromatic N) is 5. The standard InChI is InChI=1S/C21H21F3N6O3/c22-21(23,24)20-27-26-17-4-5-18(28-30(17)20)29-8-6-13(7-9-29)19(31)25-14-2-3-15-16(12-14)33-11-1-10-32-15/h2-5,12-13H,1,6-11H2,(H,25,31). The second-order valence-corrected chi connectivity index (χ2v) is 7.95. The maximum Gasteiger partial charge on any atom is 0.453 e. The third-order valence-electron chi connectivity index (χ3n) is 5.71. The Labute approximate surface area is 186 Å². The minimum atomic E-state index is -4.65. The van der Waals surface area contributed by atoms with Crippen LogP contribution < -0.4 is 19.7 Å². The quantitative estimate of drug-likeness (QED) is 0.639. The van der Waals surface area contributed by atoms with Gasteiger partial charge in [0.1, 0.15) is 5.82 Å². The molecule has 1 fully saturated rings. The number of benzene rings is 1. The van der Waals surface area contributed by atoms with Gasteiger partial charge in [0.05, 0.1) is 13.2 Å². The van der Waals surface area contributed by atoms with Crippen molar-refractivity contribution in [2.75, 3.05) is 36.5 Å². The van der Waals surface area contributed by atoms with Crippen molar-refractivity contribution < 1.29 is 27.4 Å². The molecule has 12 heteroatoms. The molecule has 1 amide bonds. The summed E-state index contributed by atoms with van der Waals surface area (Å²) in [7, 11) is 0. The Morgan fingerprint density at radius 1 is 1.03 bits per heavy atom. The first-order valence-corrected chi connectivity index (χ1v) is 10.6. The molecule has 3 aromatic rings. The van der Waals surface area contributed by atoms with E-state index in [2.05, 4.69) is 20.6 Å². The van der Waals surface area contributed by atoms with Gasteiger partial charge in [0, 0.05) is 37.2 Å². The molecule has 1 saturated heterocycles. The Hall–Kier alpha value is -3.57. The van der Waals surface area contributed by atoms with Gasteiger partial charge in [-0.05, 0) is 37.1 Å². The van der Waals surface area contributed by atoms with E-state index in [9.17, 15) is 18.0 Å². The van der Waals surface area contributed by atoms with Crippen molar-refractivity contribution in [3.05, 3.63) is 36.2 Å². The first-order chi connectivity index (χ1) is 15.9. The average Bonchev–Trinajstić information content (AvgIpc) is 3.10. The Balaban J connectivity index is 1.23. The van der Waals surface area contributed by atoms with Gasteiger partial charge >= 0.3 is 6.18 Å². The van der Waals surface area contributed by atoms with Crippen LogP contribution in [0, 0.1) is 5.92 Å². The number of carbonyl (C=O) groups is 1. The van der Waals surface area contributed by atoms with Crippen molar-refractivity contribution in [1.29, 1.82) is 0 Å². The number of nitrogens with one attached hydrogen (secondary N) is 1. The fourth-order valence-corrected chi connectivity index (χ4v) is 3.98. The summed E-state index contributed by atoms with van der Waals surface area (Å²) >= 11 is 0. The molecule has 0 aliphatic carbocycles. The third kappa shape index (κ3) is 4.37. The predicted octanol–water partition coefficient (Wildman–Crippen LogP) is 3.16. The SMILES string of the molecule is O=C(Nc1ccc2c(c1)OCCCO2)C1CCN(c2ccc3nnc(C(F)(F)F)n3n2)CC1. The fourth-order valence-electron chi connectivity index (χ4n) is 3.98. The molecule has 1 N–H and O–H groups in total. The Kier molecular flexibility index (Phi) is 5.43. The third-order valence-corrected chi connectivity index (χ3v) is 5.71. The van der Waals surface area contributed by atoms with E-state index in [4.69, 9.17) is 9.47 Å². The summed E-state index contributed by atoms with van der Waals surface area (Å²) in [5, 5.41) is 13.7. The molecule has 0 saturated carbocycles. The van der Waals surface area contributed by atoms with Crippen LogP contribution in [0.5, 0.6) is 11.5 Å². The van der Waals surface area contributed by atoms with Crippen LogP contribution in [0.15, 0.2) is 30.3 Å². The predicted molar refractivity (Wildman–Crippen MR) is 111 cm³/mol. The van der Waals surface area contributed by atoms with Crippen LogP contribution in [0.2, 0.25) is 0 Å². The van der Waals surface area contributed by atoms with E-state index >= 15 is 0 Å². The van der Waals surface area contributed by atoms with Gasteiger partial charge in [-0.1, -0.05) is 0 Å². The molecule has 5 rings (SSSR count). The number of anilines is 2. The minimum Gasteiger partial charge on any atom is -0.490 e. The van der Waals surface area contributed by atoms with Crippen molar-refractivity contribution >= 4 is 23.1 Å². The van der Waals surface area contributed by atoms with Gasteiger partial charge in [-0.25, -0.2) is 0 Å². The van der Waals surface area contributed by atoms with E-state index in [1.54, 1.807) is 24.3 Å². The number of fused-ring (bicyclic) bond motifs is 2. The normalized spacial score (nSPS) is 17.1. The highest BCUT2D eigenvalue weighted by Crippen LogP contribution is 2.33. The second kappa shape index (κ2) is 8.41. The topological polar surface area (TPSA) is 93.9 Å². The van der Waals surface area contributed by atoms with Crippen LogP contribution in [0.3, 0.4) is 0 Å². The van der Waals surface area contributed by atoms with Crippen LogP contribution in [0.1, 0.15) is 25.1 Å². The number of amides is 1. The number of piperidine rings is 1. The van der Waals surface area contributed by atoms with Crippen LogP contribution in [-0.2, 0) is 11.0 Å². The number of hydrogen-bond acceptors (Lipinski definition) is 7. The van der Waals surface area contributed by atoms with Crippen molar-refractivity contribution in [3.8, 4) is 11.5 Å². The van der Waals surface area contributed by atoms with Gasteiger partial charge in [-0.2, -0.15) is 17.7 Å². The number of carbonyl (C=O) groups excluding carboxylic acids is 1. The van der Waals surface area contributed by atoms with Crippen LogP contribution in [0.25, 0.3) is 5.65 Å². The maximum absolute atomic E-state index is 13.1. The average molecular weight is 462 g/mol. The van der Waals surface area contributed by atoms with Crippen molar-refractivity contribution in [1.82, 2.24) is 19.8 Å². The lowest BCUT2D eigenvalue weighted by atomic mass is 9.96. The van der Waals surface area contributed by atoms with Gasteiger partial charge < -0.3 is 19.7 Å². The highest BCUT2D eigenvalue weighted by Gasteiger charge is 2.38. The molecule has 0 radical (unpaired) electrons. The summed E-state index contributed by atoms with van der Waals surface area (Å²) in [5.41, 5.74) is 0.654. The van der Waals surface area contributed by atoms with Crippen molar-refractivity contribution in [2.45, 2.75) is 25.4 Å². The van der Waals surface area contributed by atoms with E-state index in [-0.39, 0.29) is 17.5 Å². The van der Waals surface area contributed by atoms with Crippen LogP contribution in [0.4, 0.5) is 24.7 Å². The molecule has 9 nitrogen and oxygen atoms in total. The maximum atomic E-state index is 13.1. The Bertz CT molecular complexity index is 1170. The molecule has 2 aliphatic heterocycles. The fraction of sp³-hybridized carbons (Fsp3) is 0.429. The van der Waals surface area contributed by atoms with Gasteiger partial charge in [0.2, 0.25) is 5.91 Å². The van der Waals surface area contributed by atoms with E-state index in [0.29, 0.717) is 66.7 Å². The zero-order chi connectivity index (χ0) is 23.0. The molecular formula is C21H21F3N6O3. The largest absolute Gasteiger partial charge is 0.490 e. The second-order valence-electron chi connectivity index (χ2n) is 7.95. The van der Waals surface area contributed by atoms with E-state index in [0.717, 1.165) is 6.42 Å². The Morgan fingerprint density at radius 3 is 2.55 bits per heavy atom. The van der Waals surface area contributed by atoms with Crippen molar-refractivity contribution in [2.24, 2.45) is 5.92 Å². The lowest BCUT2D eigenvalue weighted by molar-refractivity contribution is -0.146. The highest BCUT2D eigenvalue weighted by molar-refractivity contribution is 5.93. The Morgan fingerprint density at radius 2 is 1.79 bits per heavy atom. The van der Waals surface area contributed by atoms with E-state index in [1.165, 1.54) is 6.07 Å². The summed E-state index contributed by atoms with van der Waals surface area (Å²) in [5.74, 6) is 0.157. The summed E-state index contributed by atoms with van der Waals surface area (Å²) in [4.78, 5) is 14.6. The first kappa shape index (κ1) is 21.3. The molecule has 2 aliphatic rings. The summed E-state index contributed by atoms with van der Waals surface area (Å²) < 4.78 is 51.3. The monoisotopic (exact) mass is 462 g/mol.